The van der Waals surface area contributed by atoms with Gasteiger partial charge >= 0.3 is 0 Å². The van der Waals surface area contributed by atoms with Gasteiger partial charge in [0.25, 0.3) is 0 Å². The highest BCUT2D eigenvalue weighted by Gasteiger charge is 2.13. The van der Waals surface area contributed by atoms with Gasteiger partial charge in [0, 0.05) is 12.4 Å². The second kappa shape index (κ2) is 5.66. The Morgan fingerprint density at radius 1 is 1.38 bits per heavy atom. The first-order valence-corrected chi connectivity index (χ1v) is 7.18. The van der Waals surface area contributed by atoms with E-state index in [-0.39, 0.29) is 4.90 Å². The second-order valence-corrected chi connectivity index (χ2v) is 5.65. The van der Waals surface area contributed by atoms with Crippen LogP contribution >= 0.6 is 11.6 Å². The van der Waals surface area contributed by atoms with Crippen molar-refractivity contribution in [1.82, 2.24) is 4.72 Å². The molecule has 1 rings (SSSR count). The zero-order chi connectivity index (χ0) is 12.2. The average molecular weight is 262 g/mol. The predicted molar refractivity (Wildman–Crippen MR) is 66.2 cm³/mol. The van der Waals surface area contributed by atoms with E-state index in [1.165, 1.54) is 0 Å². The second-order valence-electron chi connectivity index (χ2n) is 3.62. The van der Waals surface area contributed by atoms with Crippen LogP contribution in [0, 0.1) is 6.92 Å². The average Bonchev–Trinajstić information content (AvgIpc) is 2.27. The van der Waals surface area contributed by atoms with Gasteiger partial charge in [-0.3, -0.25) is 0 Å². The van der Waals surface area contributed by atoms with E-state index in [0.717, 1.165) is 17.5 Å². The van der Waals surface area contributed by atoms with Gasteiger partial charge in [-0.15, -0.1) is 11.6 Å². The van der Waals surface area contributed by atoms with E-state index in [1.807, 2.05) is 13.8 Å². The molecule has 0 saturated carbocycles. The Balaban J connectivity index is 3.04. The lowest BCUT2D eigenvalue weighted by Gasteiger charge is -2.08. The van der Waals surface area contributed by atoms with Crippen LogP contribution < -0.4 is 4.72 Å². The van der Waals surface area contributed by atoms with E-state index < -0.39 is 10.0 Å². The van der Waals surface area contributed by atoms with Crippen molar-refractivity contribution in [1.29, 1.82) is 0 Å². The topological polar surface area (TPSA) is 46.2 Å². The molecular weight excluding hydrogens is 246 g/mol. The minimum Gasteiger partial charge on any atom is -0.211 e. The molecule has 0 aliphatic carbocycles. The van der Waals surface area contributed by atoms with Crippen molar-refractivity contribution in [2.75, 3.05) is 6.54 Å². The van der Waals surface area contributed by atoms with Gasteiger partial charge in [0.1, 0.15) is 0 Å². The Kier molecular flexibility index (Phi) is 4.77. The van der Waals surface area contributed by atoms with E-state index in [0.29, 0.717) is 12.4 Å². The predicted octanol–water partition coefficient (Wildman–Crippen LogP) is 2.42. The highest BCUT2D eigenvalue weighted by Crippen LogP contribution is 2.17. The Labute approximate surface area is 102 Å². The van der Waals surface area contributed by atoms with E-state index >= 15 is 0 Å². The maximum atomic E-state index is 11.8. The lowest BCUT2D eigenvalue weighted by atomic mass is 10.1. The third-order valence-electron chi connectivity index (χ3n) is 2.32. The van der Waals surface area contributed by atoms with E-state index in [1.54, 1.807) is 18.2 Å². The molecule has 0 radical (unpaired) electrons. The van der Waals surface area contributed by atoms with Gasteiger partial charge < -0.3 is 0 Å². The molecule has 1 aromatic rings. The number of hydrogen-bond donors (Lipinski definition) is 1. The molecule has 0 atom stereocenters. The molecule has 1 aromatic carbocycles. The van der Waals surface area contributed by atoms with Gasteiger partial charge in [-0.25, -0.2) is 13.1 Å². The summed E-state index contributed by atoms with van der Waals surface area (Å²) in [5, 5.41) is 0. The molecule has 3 nitrogen and oxygen atoms in total. The summed E-state index contributed by atoms with van der Waals surface area (Å²) in [4.78, 5) is 0.280. The number of halogens is 1. The summed E-state index contributed by atoms with van der Waals surface area (Å²) < 4.78 is 26.2. The zero-order valence-corrected chi connectivity index (χ0v) is 11.0. The fraction of sp³-hybridized carbons (Fsp3) is 0.455. The molecule has 0 bridgehead atoms. The lowest BCUT2D eigenvalue weighted by Crippen LogP contribution is -2.24. The summed E-state index contributed by atoms with van der Waals surface area (Å²) >= 11 is 5.74. The Morgan fingerprint density at radius 2 is 2.06 bits per heavy atom. The van der Waals surface area contributed by atoms with Gasteiger partial charge in [0.2, 0.25) is 10.0 Å². The third-order valence-corrected chi connectivity index (χ3v) is 4.06. The summed E-state index contributed by atoms with van der Waals surface area (Å²) in [7, 11) is -3.38. The highest BCUT2D eigenvalue weighted by atomic mass is 35.5. The van der Waals surface area contributed by atoms with Crippen molar-refractivity contribution in [3.63, 3.8) is 0 Å². The van der Waals surface area contributed by atoms with Crippen LogP contribution in [0.1, 0.15) is 24.5 Å². The van der Waals surface area contributed by atoms with Gasteiger partial charge in [-0.2, -0.15) is 0 Å². The van der Waals surface area contributed by atoms with Crippen molar-refractivity contribution < 1.29 is 8.42 Å². The lowest BCUT2D eigenvalue weighted by molar-refractivity contribution is 0.580. The summed E-state index contributed by atoms with van der Waals surface area (Å²) in [6, 6.07) is 5.00. The van der Waals surface area contributed by atoms with Crippen LogP contribution in [0.15, 0.2) is 23.1 Å². The number of sulfonamides is 1. The third kappa shape index (κ3) is 3.20. The number of rotatable bonds is 5. The van der Waals surface area contributed by atoms with Crippen LogP contribution in [-0.4, -0.2) is 15.0 Å². The molecule has 5 heteroatoms. The minimum absolute atomic E-state index is 0.280. The fourth-order valence-electron chi connectivity index (χ4n) is 1.28. The van der Waals surface area contributed by atoms with Crippen molar-refractivity contribution >= 4 is 21.6 Å². The van der Waals surface area contributed by atoms with Crippen LogP contribution in [0.4, 0.5) is 0 Å². The molecule has 16 heavy (non-hydrogen) atoms. The Bertz CT molecular complexity index is 457. The molecular formula is C11H16ClNO2S. The first-order valence-electron chi connectivity index (χ1n) is 5.16. The van der Waals surface area contributed by atoms with Crippen molar-refractivity contribution in [3.8, 4) is 0 Å². The van der Waals surface area contributed by atoms with E-state index in [2.05, 4.69) is 4.72 Å². The van der Waals surface area contributed by atoms with Gasteiger partial charge in [-0.05, 0) is 36.6 Å². The molecule has 0 aliphatic rings. The number of alkyl halides is 1. The van der Waals surface area contributed by atoms with Crippen molar-refractivity contribution in [2.24, 2.45) is 0 Å². The first-order chi connectivity index (χ1) is 7.51. The van der Waals surface area contributed by atoms with Gasteiger partial charge in [0.05, 0.1) is 4.90 Å². The minimum atomic E-state index is -3.38. The maximum absolute atomic E-state index is 11.8. The summed E-state index contributed by atoms with van der Waals surface area (Å²) in [5.74, 6) is 0.322. The molecule has 0 saturated heterocycles. The molecule has 0 aliphatic heterocycles. The molecule has 1 N–H and O–H groups in total. The largest absolute Gasteiger partial charge is 0.240 e. The monoisotopic (exact) mass is 261 g/mol. The zero-order valence-electron chi connectivity index (χ0n) is 9.46. The summed E-state index contributed by atoms with van der Waals surface area (Å²) in [6.45, 7) is 4.28. The van der Waals surface area contributed by atoms with Crippen LogP contribution in [0.25, 0.3) is 0 Å². The molecule has 0 heterocycles. The first kappa shape index (κ1) is 13.5. The molecule has 0 aromatic heterocycles. The standard InChI is InChI=1S/C11H16ClNO2S/c1-3-6-13-16(14,15)11-5-4-9(2)10(7-11)8-12/h4-5,7,13H,3,6,8H2,1-2H3. The van der Waals surface area contributed by atoms with Crippen LogP contribution in [0.2, 0.25) is 0 Å². The molecule has 0 fully saturated rings. The number of nitrogens with one attached hydrogen (secondary N) is 1. The number of benzene rings is 1. The van der Waals surface area contributed by atoms with Gasteiger partial charge in [0.15, 0.2) is 0 Å². The van der Waals surface area contributed by atoms with E-state index in [9.17, 15) is 8.42 Å². The van der Waals surface area contributed by atoms with Crippen molar-refractivity contribution in [3.05, 3.63) is 29.3 Å². The molecule has 90 valence electrons. The smallest absolute Gasteiger partial charge is 0.211 e. The quantitative estimate of drug-likeness (QED) is 0.828. The SMILES string of the molecule is CCCNS(=O)(=O)c1ccc(C)c(CCl)c1. The summed E-state index contributed by atoms with van der Waals surface area (Å²) in [6.07, 6.45) is 0.771. The van der Waals surface area contributed by atoms with Crippen LogP contribution in [0.5, 0.6) is 0 Å². The number of aryl methyl sites for hydroxylation is 1. The van der Waals surface area contributed by atoms with Crippen LogP contribution in [-0.2, 0) is 15.9 Å². The molecule has 0 amide bonds. The molecule has 0 spiro atoms. The van der Waals surface area contributed by atoms with Gasteiger partial charge in [-0.1, -0.05) is 13.0 Å². The summed E-state index contributed by atoms with van der Waals surface area (Å²) in [5.41, 5.74) is 1.85. The van der Waals surface area contributed by atoms with Crippen molar-refractivity contribution in [2.45, 2.75) is 31.0 Å². The normalized spacial score (nSPS) is 11.7. The van der Waals surface area contributed by atoms with Crippen LogP contribution in [0.3, 0.4) is 0 Å². The Hall–Kier alpha value is -0.580. The molecule has 0 unspecified atom stereocenters. The number of hydrogen-bond acceptors (Lipinski definition) is 2. The highest BCUT2D eigenvalue weighted by molar-refractivity contribution is 7.89. The Morgan fingerprint density at radius 3 is 2.62 bits per heavy atom. The maximum Gasteiger partial charge on any atom is 0.240 e. The fourth-order valence-corrected chi connectivity index (χ4v) is 2.75. The van der Waals surface area contributed by atoms with E-state index in [4.69, 9.17) is 11.6 Å².